The molecule has 0 aliphatic rings. The quantitative estimate of drug-likeness (QED) is 0.638. The Bertz CT molecular complexity index is 737. The molecule has 2 heteroatoms. The van der Waals surface area contributed by atoms with Crippen LogP contribution < -0.4 is 0 Å². The Morgan fingerprint density at radius 1 is 1.00 bits per heavy atom. The van der Waals surface area contributed by atoms with Crippen LogP contribution in [-0.4, -0.2) is 9.78 Å². The summed E-state index contributed by atoms with van der Waals surface area (Å²) < 4.78 is 2.09. The van der Waals surface area contributed by atoms with E-state index in [2.05, 4.69) is 67.9 Å². The topological polar surface area (TPSA) is 17.8 Å². The lowest BCUT2D eigenvalue weighted by Gasteiger charge is -2.09. The Morgan fingerprint density at radius 3 is 2.38 bits per heavy atom. The van der Waals surface area contributed by atoms with Crippen LogP contribution in [0.5, 0.6) is 0 Å². The molecule has 0 aliphatic carbocycles. The summed E-state index contributed by atoms with van der Waals surface area (Å²) >= 11 is 0. The van der Waals surface area contributed by atoms with Crippen molar-refractivity contribution in [1.29, 1.82) is 0 Å². The van der Waals surface area contributed by atoms with Gasteiger partial charge in [-0.2, -0.15) is 5.10 Å². The first-order valence-electron chi connectivity index (χ1n) is 7.79. The summed E-state index contributed by atoms with van der Waals surface area (Å²) in [6.07, 6.45) is 2.26. The van der Waals surface area contributed by atoms with E-state index in [1.54, 1.807) is 0 Å². The largest absolute Gasteiger partial charge is 0.233 e. The molecule has 0 saturated carbocycles. The molecule has 1 heterocycles. The molecule has 0 bridgehead atoms. The zero-order chi connectivity index (χ0) is 14.8. The highest BCUT2D eigenvalue weighted by Crippen LogP contribution is 2.31. The normalized spacial score (nSPS) is 11.4. The van der Waals surface area contributed by atoms with Gasteiger partial charge in [0.1, 0.15) is 0 Å². The molecule has 0 unspecified atom stereocenters. The standard InChI is InChI=1S/C19H22N2/c1-4-15(5-2)19-17-12-11-14(3)13-18(17)21(20-19)16-9-7-6-8-10-16/h6-13,15H,4-5H2,1-3H3. The minimum Gasteiger partial charge on any atom is -0.233 e. The monoisotopic (exact) mass is 278 g/mol. The van der Waals surface area contributed by atoms with Gasteiger partial charge < -0.3 is 0 Å². The minimum absolute atomic E-state index is 0.528. The summed E-state index contributed by atoms with van der Waals surface area (Å²) in [4.78, 5) is 0. The summed E-state index contributed by atoms with van der Waals surface area (Å²) in [5.74, 6) is 0.528. The fourth-order valence-corrected chi connectivity index (χ4v) is 2.99. The van der Waals surface area contributed by atoms with Crippen LogP contribution in [0.15, 0.2) is 48.5 Å². The molecule has 0 aliphatic heterocycles. The van der Waals surface area contributed by atoms with E-state index in [0.29, 0.717) is 5.92 Å². The van der Waals surface area contributed by atoms with Crippen molar-refractivity contribution in [1.82, 2.24) is 9.78 Å². The molecule has 0 fully saturated rings. The van der Waals surface area contributed by atoms with Crippen LogP contribution in [0, 0.1) is 6.92 Å². The predicted octanol–water partition coefficient (Wildman–Crippen LogP) is 5.24. The van der Waals surface area contributed by atoms with Crippen molar-refractivity contribution in [2.45, 2.75) is 39.5 Å². The van der Waals surface area contributed by atoms with Gasteiger partial charge in [-0.1, -0.05) is 44.2 Å². The molecule has 21 heavy (non-hydrogen) atoms. The van der Waals surface area contributed by atoms with Crippen LogP contribution in [0.1, 0.15) is 43.9 Å². The Kier molecular flexibility index (Phi) is 3.78. The maximum absolute atomic E-state index is 4.96. The molecule has 1 aromatic heterocycles. The molecule has 3 aromatic rings. The summed E-state index contributed by atoms with van der Waals surface area (Å²) in [5, 5.41) is 6.25. The summed E-state index contributed by atoms with van der Waals surface area (Å²) in [6, 6.07) is 17.1. The molecule has 0 N–H and O–H groups in total. The molecule has 0 spiro atoms. The first kappa shape index (κ1) is 13.9. The van der Waals surface area contributed by atoms with Crippen LogP contribution in [0.3, 0.4) is 0 Å². The molecule has 0 radical (unpaired) electrons. The zero-order valence-electron chi connectivity index (χ0n) is 13.0. The van der Waals surface area contributed by atoms with Crippen LogP contribution in [0.2, 0.25) is 0 Å². The number of nitrogens with zero attached hydrogens (tertiary/aromatic N) is 2. The van der Waals surface area contributed by atoms with Gasteiger partial charge in [0.2, 0.25) is 0 Å². The molecule has 2 nitrogen and oxygen atoms in total. The van der Waals surface area contributed by atoms with Crippen molar-refractivity contribution in [2.24, 2.45) is 0 Å². The summed E-state index contributed by atoms with van der Waals surface area (Å²) in [7, 11) is 0. The SMILES string of the molecule is CCC(CC)c1nn(-c2ccccc2)c2cc(C)ccc12. The smallest absolute Gasteiger partial charge is 0.0746 e. The third-order valence-electron chi connectivity index (χ3n) is 4.24. The molecule has 3 rings (SSSR count). The number of aromatic nitrogens is 2. The molecule has 108 valence electrons. The number of hydrogen-bond acceptors (Lipinski definition) is 1. The number of aryl methyl sites for hydroxylation is 1. The highest BCUT2D eigenvalue weighted by molar-refractivity contribution is 5.84. The van der Waals surface area contributed by atoms with Gasteiger partial charge in [-0.05, 0) is 43.5 Å². The zero-order valence-corrected chi connectivity index (χ0v) is 13.0. The van der Waals surface area contributed by atoms with Crippen molar-refractivity contribution in [3.05, 3.63) is 59.8 Å². The van der Waals surface area contributed by atoms with Crippen molar-refractivity contribution in [3.63, 3.8) is 0 Å². The first-order chi connectivity index (χ1) is 10.2. The minimum atomic E-state index is 0.528. The van der Waals surface area contributed by atoms with Gasteiger partial charge in [-0.25, -0.2) is 4.68 Å². The lowest BCUT2D eigenvalue weighted by Crippen LogP contribution is -2.00. The highest BCUT2D eigenvalue weighted by Gasteiger charge is 2.17. The number of rotatable bonds is 4. The fourth-order valence-electron chi connectivity index (χ4n) is 2.99. The van der Waals surface area contributed by atoms with E-state index in [1.807, 2.05) is 6.07 Å². The van der Waals surface area contributed by atoms with Crippen LogP contribution in [0.25, 0.3) is 16.6 Å². The van der Waals surface area contributed by atoms with Gasteiger partial charge in [0.25, 0.3) is 0 Å². The van der Waals surface area contributed by atoms with Gasteiger partial charge >= 0.3 is 0 Å². The van der Waals surface area contributed by atoms with E-state index in [0.717, 1.165) is 18.5 Å². The second kappa shape index (κ2) is 5.72. The van der Waals surface area contributed by atoms with Crippen LogP contribution in [0.4, 0.5) is 0 Å². The number of para-hydroxylation sites is 1. The number of hydrogen-bond donors (Lipinski definition) is 0. The van der Waals surface area contributed by atoms with E-state index in [4.69, 9.17) is 5.10 Å². The van der Waals surface area contributed by atoms with E-state index >= 15 is 0 Å². The predicted molar refractivity (Wildman–Crippen MR) is 89.1 cm³/mol. The summed E-state index contributed by atoms with van der Waals surface area (Å²) in [6.45, 7) is 6.63. The van der Waals surface area contributed by atoms with Crippen molar-refractivity contribution >= 4 is 10.9 Å². The Balaban J connectivity index is 2.27. The number of fused-ring (bicyclic) bond motifs is 1. The van der Waals surface area contributed by atoms with Crippen molar-refractivity contribution in [2.75, 3.05) is 0 Å². The molecule has 0 amide bonds. The molecule has 0 saturated heterocycles. The van der Waals surface area contributed by atoms with E-state index in [9.17, 15) is 0 Å². The molecular weight excluding hydrogens is 256 g/mol. The molecule has 2 aromatic carbocycles. The van der Waals surface area contributed by atoms with Gasteiger partial charge in [-0.3, -0.25) is 0 Å². The average Bonchev–Trinajstić information content (AvgIpc) is 2.88. The lowest BCUT2D eigenvalue weighted by atomic mass is 9.96. The maximum atomic E-state index is 4.96. The summed E-state index contributed by atoms with van der Waals surface area (Å²) in [5.41, 5.74) is 4.85. The fraction of sp³-hybridized carbons (Fsp3) is 0.316. The first-order valence-corrected chi connectivity index (χ1v) is 7.79. The van der Waals surface area contributed by atoms with Gasteiger partial charge in [-0.15, -0.1) is 0 Å². The Hall–Kier alpha value is -2.09. The lowest BCUT2D eigenvalue weighted by molar-refractivity contribution is 0.617. The van der Waals surface area contributed by atoms with Gasteiger partial charge in [0, 0.05) is 11.3 Å². The molecule has 0 atom stereocenters. The average molecular weight is 278 g/mol. The van der Waals surface area contributed by atoms with Crippen molar-refractivity contribution in [3.8, 4) is 5.69 Å². The van der Waals surface area contributed by atoms with Gasteiger partial charge in [0.05, 0.1) is 16.9 Å². The van der Waals surface area contributed by atoms with E-state index in [-0.39, 0.29) is 0 Å². The Morgan fingerprint density at radius 2 is 1.71 bits per heavy atom. The molecular formula is C19H22N2. The van der Waals surface area contributed by atoms with E-state index < -0.39 is 0 Å². The second-order valence-electron chi connectivity index (χ2n) is 5.67. The van der Waals surface area contributed by atoms with Crippen molar-refractivity contribution < 1.29 is 0 Å². The number of benzene rings is 2. The Labute approximate surface area is 126 Å². The van der Waals surface area contributed by atoms with Crippen LogP contribution in [-0.2, 0) is 0 Å². The third-order valence-corrected chi connectivity index (χ3v) is 4.24. The second-order valence-corrected chi connectivity index (χ2v) is 5.67. The third kappa shape index (κ3) is 2.46. The highest BCUT2D eigenvalue weighted by atomic mass is 15.3. The maximum Gasteiger partial charge on any atom is 0.0746 e. The van der Waals surface area contributed by atoms with E-state index in [1.165, 1.54) is 22.2 Å². The van der Waals surface area contributed by atoms with Crippen LogP contribution >= 0.6 is 0 Å². The van der Waals surface area contributed by atoms with Gasteiger partial charge in [0.15, 0.2) is 0 Å².